The van der Waals surface area contributed by atoms with E-state index >= 15 is 0 Å². The van der Waals surface area contributed by atoms with Gasteiger partial charge in [-0.15, -0.1) is 0 Å². The highest BCUT2D eigenvalue weighted by Crippen LogP contribution is 2.40. The van der Waals surface area contributed by atoms with E-state index < -0.39 is 6.10 Å². The van der Waals surface area contributed by atoms with Gasteiger partial charge in [-0.2, -0.15) is 0 Å². The minimum atomic E-state index is -0.410. The summed E-state index contributed by atoms with van der Waals surface area (Å²) < 4.78 is 0. The van der Waals surface area contributed by atoms with Gasteiger partial charge in [-0.3, -0.25) is 4.98 Å². The van der Waals surface area contributed by atoms with E-state index in [1.54, 1.807) is 0 Å². The van der Waals surface area contributed by atoms with Crippen molar-refractivity contribution in [2.24, 2.45) is 5.92 Å². The molecule has 0 aliphatic heterocycles. The Bertz CT molecular complexity index is 613. The molecule has 0 amide bonds. The third kappa shape index (κ3) is 2.49. The van der Waals surface area contributed by atoms with Crippen molar-refractivity contribution in [2.75, 3.05) is 0 Å². The standard InChI is InChI=1S/C17H20BrNO/c1-11-5-4-7-12-13(9-10-19-16(11)12)17(20)14-6-2-3-8-15(14)18/h4-5,7,9-10,14-15,17,20H,2-3,6,8H2,1H3. The maximum atomic E-state index is 10.8. The molecule has 0 saturated heterocycles. The molecule has 3 atom stereocenters. The molecule has 1 fully saturated rings. The number of aromatic nitrogens is 1. The number of nitrogens with zero attached hydrogens (tertiary/aromatic N) is 1. The first-order valence-corrected chi connectivity index (χ1v) is 8.26. The van der Waals surface area contributed by atoms with Gasteiger partial charge in [0.2, 0.25) is 0 Å². The molecule has 2 aromatic rings. The molecule has 3 unspecified atom stereocenters. The van der Waals surface area contributed by atoms with E-state index in [0.29, 0.717) is 10.7 Å². The van der Waals surface area contributed by atoms with Crippen LogP contribution >= 0.6 is 15.9 Å². The Morgan fingerprint density at radius 2 is 2.05 bits per heavy atom. The summed E-state index contributed by atoms with van der Waals surface area (Å²) in [6, 6.07) is 8.15. The summed E-state index contributed by atoms with van der Waals surface area (Å²) in [4.78, 5) is 4.88. The molecule has 1 aromatic carbocycles. The Morgan fingerprint density at radius 1 is 1.25 bits per heavy atom. The molecule has 2 nitrogen and oxygen atoms in total. The second-order valence-electron chi connectivity index (χ2n) is 5.78. The Kier molecular flexibility index (Phi) is 4.08. The van der Waals surface area contributed by atoms with Crippen molar-refractivity contribution in [2.45, 2.75) is 43.5 Å². The second kappa shape index (κ2) is 5.82. The molecular formula is C17H20BrNO. The monoisotopic (exact) mass is 333 g/mol. The van der Waals surface area contributed by atoms with Crippen molar-refractivity contribution in [3.05, 3.63) is 41.6 Å². The quantitative estimate of drug-likeness (QED) is 0.819. The number of halogens is 1. The predicted octanol–water partition coefficient (Wildman–Crippen LogP) is 4.53. The summed E-state index contributed by atoms with van der Waals surface area (Å²) in [5.74, 6) is 0.301. The van der Waals surface area contributed by atoms with Gasteiger partial charge in [0, 0.05) is 22.3 Å². The number of hydrogen-bond donors (Lipinski definition) is 1. The highest BCUT2D eigenvalue weighted by molar-refractivity contribution is 9.09. The fourth-order valence-corrected chi connectivity index (χ4v) is 4.18. The van der Waals surface area contributed by atoms with E-state index in [1.807, 2.05) is 18.3 Å². The smallest absolute Gasteiger partial charge is 0.0835 e. The van der Waals surface area contributed by atoms with Gasteiger partial charge in [0.15, 0.2) is 0 Å². The van der Waals surface area contributed by atoms with E-state index in [-0.39, 0.29) is 0 Å². The largest absolute Gasteiger partial charge is 0.388 e. The molecule has 3 heteroatoms. The zero-order valence-electron chi connectivity index (χ0n) is 11.7. The number of fused-ring (bicyclic) bond motifs is 1. The van der Waals surface area contributed by atoms with Crippen LogP contribution in [0.2, 0.25) is 0 Å². The highest BCUT2D eigenvalue weighted by atomic mass is 79.9. The lowest BCUT2D eigenvalue weighted by Gasteiger charge is -2.32. The first-order valence-electron chi connectivity index (χ1n) is 7.35. The zero-order valence-corrected chi connectivity index (χ0v) is 13.3. The van der Waals surface area contributed by atoms with Gasteiger partial charge in [-0.25, -0.2) is 0 Å². The van der Waals surface area contributed by atoms with E-state index in [0.717, 1.165) is 34.9 Å². The molecule has 1 aliphatic rings. The van der Waals surface area contributed by atoms with Crippen LogP contribution in [0.3, 0.4) is 0 Å². The Labute approximate surface area is 128 Å². The van der Waals surface area contributed by atoms with Crippen molar-refractivity contribution in [1.29, 1.82) is 0 Å². The Morgan fingerprint density at radius 3 is 2.85 bits per heavy atom. The lowest BCUT2D eigenvalue weighted by Crippen LogP contribution is -2.26. The van der Waals surface area contributed by atoms with Crippen molar-refractivity contribution in [1.82, 2.24) is 4.98 Å². The Hall–Kier alpha value is -0.930. The van der Waals surface area contributed by atoms with Crippen LogP contribution in [-0.2, 0) is 0 Å². The lowest BCUT2D eigenvalue weighted by atomic mass is 9.82. The molecule has 0 spiro atoms. The van der Waals surface area contributed by atoms with E-state index in [4.69, 9.17) is 0 Å². The van der Waals surface area contributed by atoms with Crippen LogP contribution in [0.4, 0.5) is 0 Å². The van der Waals surface area contributed by atoms with Gasteiger partial charge < -0.3 is 5.11 Å². The molecule has 1 heterocycles. The number of aliphatic hydroxyl groups excluding tert-OH is 1. The molecule has 20 heavy (non-hydrogen) atoms. The summed E-state index contributed by atoms with van der Waals surface area (Å²) in [6.07, 6.45) is 6.13. The number of aliphatic hydroxyl groups is 1. The molecule has 1 N–H and O–H groups in total. The second-order valence-corrected chi connectivity index (χ2v) is 6.96. The number of pyridine rings is 1. The van der Waals surface area contributed by atoms with Gasteiger partial charge in [0.1, 0.15) is 0 Å². The van der Waals surface area contributed by atoms with Crippen LogP contribution < -0.4 is 0 Å². The predicted molar refractivity (Wildman–Crippen MR) is 86.1 cm³/mol. The third-order valence-electron chi connectivity index (χ3n) is 4.46. The molecule has 1 saturated carbocycles. The first kappa shape index (κ1) is 14.0. The topological polar surface area (TPSA) is 33.1 Å². The maximum absolute atomic E-state index is 10.8. The number of aryl methyl sites for hydroxylation is 1. The number of para-hydroxylation sites is 1. The summed E-state index contributed by atoms with van der Waals surface area (Å²) >= 11 is 3.76. The first-order chi connectivity index (χ1) is 9.68. The van der Waals surface area contributed by atoms with Gasteiger partial charge in [-0.05, 0) is 37.0 Å². The summed E-state index contributed by atoms with van der Waals surface area (Å²) in [7, 11) is 0. The van der Waals surface area contributed by atoms with Crippen LogP contribution in [0.5, 0.6) is 0 Å². The van der Waals surface area contributed by atoms with Crippen molar-refractivity contribution < 1.29 is 5.11 Å². The zero-order chi connectivity index (χ0) is 14.1. The fraction of sp³-hybridized carbons (Fsp3) is 0.471. The SMILES string of the molecule is Cc1cccc2c(C(O)C3CCCCC3Br)ccnc12. The van der Waals surface area contributed by atoms with Gasteiger partial charge >= 0.3 is 0 Å². The van der Waals surface area contributed by atoms with Crippen LogP contribution in [0.25, 0.3) is 10.9 Å². The minimum Gasteiger partial charge on any atom is -0.388 e. The van der Waals surface area contributed by atoms with E-state index in [2.05, 4.69) is 40.0 Å². The highest BCUT2D eigenvalue weighted by Gasteiger charge is 2.30. The van der Waals surface area contributed by atoms with Crippen LogP contribution in [-0.4, -0.2) is 14.9 Å². The van der Waals surface area contributed by atoms with Crippen LogP contribution in [0, 0.1) is 12.8 Å². The van der Waals surface area contributed by atoms with E-state index in [9.17, 15) is 5.11 Å². The molecular weight excluding hydrogens is 314 g/mol. The minimum absolute atomic E-state index is 0.301. The maximum Gasteiger partial charge on any atom is 0.0835 e. The number of hydrogen-bond acceptors (Lipinski definition) is 2. The average Bonchev–Trinajstić information content (AvgIpc) is 2.47. The van der Waals surface area contributed by atoms with Gasteiger partial charge in [0.25, 0.3) is 0 Å². The van der Waals surface area contributed by atoms with E-state index in [1.165, 1.54) is 12.8 Å². The molecule has 0 radical (unpaired) electrons. The van der Waals surface area contributed by atoms with Gasteiger partial charge in [-0.1, -0.05) is 47.0 Å². The molecule has 1 aromatic heterocycles. The molecule has 3 rings (SSSR count). The summed E-state index contributed by atoms with van der Waals surface area (Å²) in [6.45, 7) is 2.07. The molecule has 0 bridgehead atoms. The lowest BCUT2D eigenvalue weighted by molar-refractivity contribution is 0.0913. The van der Waals surface area contributed by atoms with Crippen molar-refractivity contribution in [3.63, 3.8) is 0 Å². The van der Waals surface area contributed by atoms with Crippen molar-refractivity contribution >= 4 is 26.8 Å². The summed E-state index contributed by atoms with van der Waals surface area (Å²) in [5.41, 5.74) is 3.19. The number of alkyl halides is 1. The van der Waals surface area contributed by atoms with Gasteiger partial charge in [0.05, 0.1) is 11.6 Å². The normalized spacial score (nSPS) is 24.8. The van der Waals surface area contributed by atoms with Crippen molar-refractivity contribution in [3.8, 4) is 0 Å². The molecule has 106 valence electrons. The third-order valence-corrected chi connectivity index (χ3v) is 5.60. The molecule has 1 aliphatic carbocycles. The summed E-state index contributed by atoms with van der Waals surface area (Å²) in [5, 5.41) is 11.9. The average molecular weight is 334 g/mol. The van der Waals surface area contributed by atoms with Crippen LogP contribution in [0.1, 0.15) is 42.9 Å². The van der Waals surface area contributed by atoms with Crippen LogP contribution in [0.15, 0.2) is 30.5 Å². The number of benzene rings is 1. The Balaban J connectivity index is 2.03. The number of rotatable bonds is 2. The fourth-order valence-electron chi connectivity index (χ4n) is 3.30.